The smallest absolute Gasteiger partial charge is 0.0462 e. The molecule has 7 aromatic carbocycles. The largest absolute Gasteiger partial charge is 0.311 e. The molecule has 2 nitrogen and oxygen atoms in total. The fourth-order valence-electron chi connectivity index (χ4n) is 5.97. The van der Waals surface area contributed by atoms with Crippen molar-refractivity contribution in [3.05, 3.63) is 194 Å². The van der Waals surface area contributed by atoms with E-state index in [1.807, 2.05) is 0 Å². The molecule has 0 aliphatic rings. The van der Waals surface area contributed by atoms with E-state index in [1.54, 1.807) is 0 Å². The summed E-state index contributed by atoms with van der Waals surface area (Å²) < 4.78 is 0. The van der Waals surface area contributed by atoms with Gasteiger partial charge in [-0.3, -0.25) is 0 Å². The standard InChI is InChI=1S/C44H36N2/c1-2-34-18-20-35(21-19-34)36-22-30-43(31-23-36)46(41-16-10-5-11-17-41)44-32-26-38(27-33-44)37-24-28-42(29-25-37)45(39-12-6-3-7-13-39)40-14-8-4-9-15-40/h3-33H,2H2,1H3. The lowest BCUT2D eigenvalue weighted by Crippen LogP contribution is -2.09. The summed E-state index contributed by atoms with van der Waals surface area (Å²) in [6, 6.07) is 67.1. The first kappa shape index (κ1) is 28.9. The lowest BCUT2D eigenvalue weighted by Gasteiger charge is -2.26. The minimum absolute atomic E-state index is 1.05. The van der Waals surface area contributed by atoms with Crippen molar-refractivity contribution < 1.29 is 0 Å². The van der Waals surface area contributed by atoms with E-state index in [-0.39, 0.29) is 0 Å². The van der Waals surface area contributed by atoms with Gasteiger partial charge in [-0.1, -0.05) is 122 Å². The van der Waals surface area contributed by atoms with Gasteiger partial charge in [0.05, 0.1) is 0 Å². The van der Waals surface area contributed by atoms with E-state index < -0.39 is 0 Å². The Kier molecular flexibility index (Phi) is 8.43. The van der Waals surface area contributed by atoms with Gasteiger partial charge in [0.15, 0.2) is 0 Å². The van der Waals surface area contributed by atoms with Crippen LogP contribution in [0.5, 0.6) is 0 Å². The minimum Gasteiger partial charge on any atom is -0.311 e. The summed E-state index contributed by atoms with van der Waals surface area (Å²) in [4.78, 5) is 4.60. The second-order valence-corrected chi connectivity index (χ2v) is 11.4. The lowest BCUT2D eigenvalue weighted by molar-refractivity contribution is 1.14. The van der Waals surface area contributed by atoms with Crippen molar-refractivity contribution in [3.8, 4) is 22.3 Å². The third-order valence-corrected chi connectivity index (χ3v) is 8.45. The molecule has 222 valence electrons. The van der Waals surface area contributed by atoms with Crippen LogP contribution in [0.3, 0.4) is 0 Å². The van der Waals surface area contributed by atoms with Crippen LogP contribution in [-0.2, 0) is 6.42 Å². The van der Waals surface area contributed by atoms with Crippen LogP contribution in [0, 0.1) is 0 Å². The predicted molar refractivity (Wildman–Crippen MR) is 196 cm³/mol. The van der Waals surface area contributed by atoms with Gasteiger partial charge in [0.25, 0.3) is 0 Å². The number of para-hydroxylation sites is 3. The Morgan fingerprint density at radius 2 is 0.522 bits per heavy atom. The maximum atomic E-state index is 2.31. The zero-order chi connectivity index (χ0) is 31.1. The lowest BCUT2D eigenvalue weighted by atomic mass is 10.0. The van der Waals surface area contributed by atoms with Crippen LogP contribution in [0.1, 0.15) is 12.5 Å². The molecule has 0 saturated heterocycles. The average molecular weight is 593 g/mol. The summed E-state index contributed by atoms with van der Waals surface area (Å²) in [5.41, 5.74) is 12.9. The summed E-state index contributed by atoms with van der Waals surface area (Å²) in [6.45, 7) is 2.19. The van der Waals surface area contributed by atoms with Crippen LogP contribution in [0.4, 0.5) is 34.1 Å². The Balaban J connectivity index is 1.17. The van der Waals surface area contributed by atoms with Crippen molar-refractivity contribution in [1.82, 2.24) is 0 Å². The highest BCUT2D eigenvalue weighted by molar-refractivity contribution is 5.81. The van der Waals surface area contributed by atoms with Crippen LogP contribution in [0.15, 0.2) is 188 Å². The van der Waals surface area contributed by atoms with E-state index in [2.05, 4.69) is 205 Å². The van der Waals surface area contributed by atoms with E-state index in [4.69, 9.17) is 0 Å². The third kappa shape index (κ3) is 6.20. The Labute approximate surface area is 272 Å². The zero-order valence-electron chi connectivity index (χ0n) is 26.0. The topological polar surface area (TPSA) is 6.48 Å². The van der Waals surface area contributed by atoms with E-state index >= 15 is 0 Å². The van der Waals surface area contributed by atoms with Crippen molar-refractivity contribution in [1.29, 1.82) is 0 Å². The molecule has 0 unspecified atom stereocenters. The summed E-state index contributed by atoms with van der Waals surface area (Å²) in [6.07, 6.45) is 1.05. The molecule has 46 heavy (non-hydrogen) atoms. The second-order valence-electron chi connectivity index (χ2n) is 11.4. The SMILES string of the molecule is CCc1ccc(-c2ccc(N(c3ccccc3)c3ccc(-c4ccc(N(c5ccccc5)c5ccccc5)cc4)cc3)cc2)cc1. The molecular formula is C44H36N2. The van der Waals surface area contributed by atoms with Crippen molar-refractivity contribution in [2.24, 2.45) is 0 Å². The molecule has 0 amide bonds. The molecule has 0 aromatic heterocycles. The number of aryl methyl sites for hydroxylation is 1. The zero-order valence-corrected chi connectivity index (χ0v) is 26.0. The first-order valence-corrected chi connectivity index (χ1v) is 15.9. The molecule has 2 heteroatoms. The van der Waals surface area contributed by atoms with Gasteiger partial charge in [-0.05, 0) is 107 Å². The quantitative estimate of drug-likeness (QED) is 0.164. The third-order valence-electron chi connectivity index (χ3n) is 8.45. The van der Waals surface area contributed by atoms with E-state index in [9.17, 15) is 0 Å². The molecule has 7 rings (SSSR count). The van der Waals surface area contributed by atoms with Crippen LogP contribution in [0.2, 0.25) is 0 Å². The van der Waals surface area contributed by atoms with Crippen LogP contribution in [0.25, 0.3) is 22.3 Å². The fourth-order valence-corrected chi connectivity index (χ4v) is 5.97. The summed E-state index contributed by atoms with van der Waals surface area (Å²) >= 11 is 0. The number of nitrogens with zero attached hydrogens (tertiary/aromatic N) is 2. The number of hydrogen-bond acceptors (Lipinski definition) is 2. The van der Waals surface area contributed by atoms with Crippen LogP contribution in [-0.4, -0.2) is 0 Å². The molecule has 0 N–H and O–H groups in total. The van der Waals surface area contributed by atoms with Gasteiger partial charge < -0.3 is 9.80 Å². The van der Waals surface area contributed by atoms with E-state index in [0.29, 0.717) is 0 Å². The molecule has 0 fully saturated rings. The molecule has 0 saturated carbocycles. The van der Waals surface area contributed by atoms with Crippen molar-refractivity contribution in [2.75, 3.05) is 9.80 Å². The van der Waals surface area contributed by atoms with Gasteiger partial charge in [-0.2, -0.15) is 0 Å². The number of benzene rings is 7. The molecule has 0 heterocycles. The first-order chi connectivity index (χ1) is 22.8. The molecule has 7 aromatic rings. The fraction of sp³-hybridized carbons (Fsp3) is 0.0455. The van der Waals surface area contributed by atoms with Gasteiger partial charge in [0.1, 0.15) is 0 Å². The van der Waals surface area contributed by atoms with Gasteiger partial charge in [0, 0.05) is 34.1 Å². The van der Waals surface area contributed by atoms with Crippen LogP contribution >= 0.6 is 0 Å². The number of hydrogen-bond donors (Lipinski definition) is 0. The summed E-state index contributed by atoms with van der Waals surface area (Å²) in [5, 5.41) is 0. The Hall–Kier alpha value is -5.86. The molecule has 0 aliphatic carbocycles. The van der Waals surface area contributed by atoms with E-state index in [1.165, 1.54) is 27.8 Å². The van der Waals surface area contributed by atoms with Gasteiger partial charge >= 0.3 is 0 Å². The Morgan fingerprint density at radius 3 is 0.783 bits per heavy atom. The molecule has 0 radical (unpaired) electrons. The monoisotopic (exact) mass is 592 g/mol. The normalized spacial score (nSPS) is 10.8. The minimum atomic E-state index is 1.05. The second kappa shape index (κ2) is 13.4. The highest BCUT2D eigenvalue weighted by Crippen LogP contribution is 2.38. The Morgan fingerprint density at radius 1 is 0.283 bits per heavy atom. The van der Waals surface area contributed by atoms with Gasteiger partial charge in [-0.25, -0.2) is 0 Å². The maximum Gasteiger partial charge on any atom is 0.0462 e. The maximum absolute atomic E-state index is 2.31. The highest BCUT2D eigenvalue weighted by atomic mass is 15.1. The molecule has 0 spiro atoms. The van der Waals surface area contributed by atoms with Crippen molar-refractivity contribution in [2.45, 2.75) is 13.3 Å². The number of rotatable bonds is 9. The van der Waals surface area contributed by atoms with Gasteiger partial charge in [0.2, 0.25) is 0 Å². The Bertz CT molecular complexity index is 1930. The predicted octanol–water partition coefficient (Wildman–Crippen LogP) is 12.5. The highest BCUT2D eigenvalue weighted by Gasteiger charge is 2.14. The number of anilines is 6. The van der Waals surface area contributed by atoms with E-state index in [0.717, 1.165) is 40.5 Å². The van der Waals surface area contributed by atoms with Crippen LogP contribution < -0.4 is 9.80 Å². The molecule has 0 aliphatic heterocycles. The molecular weight excluding hydrogens is 556 g/mol. The summed E-state index contributed by atoms with van der Waals surface area (Å²) in [7, 11) is 0. The summed E-state index contributed by atoms with van der Waals surface area (Å²) in [5.74, 6) is 0. The molecule has 0 atom stereocenters. The van der Waals surface area contributed by atoms with Crippen molar-refractivity contribution in [3.63, 3.8) is 0 Å². The molecule has 0 bridgehead atoms. The van der Waals surface area contributed by atoms with Gasteiger partial charge in [-0.15, -0.1) is 0 Å². The average Bonchev–Trinajstić information content (AvgIpc) is 3.14. The first-order valence-electron chi connectivity index (χ1n) is 15.9. The van der Waals surface area contributed by atoms with Crippen molar-refractivity contribution >= 4 is 34.1 Å².